The summed E-state index contributed by atoms with van der Waals surface area (Å²) < 4.78 is 23.8. The van der Waals surface area contributed by atoms with Crippen molar-refractivity contribution in [1.82, 2.24) is 5.32 Å². The Morgan fingerprint density at radius 3 is 1.01 bits per heavy atom. The quantitative estimate of drug-likeness (QED) is 0.0243. The topological polar surface area (TPSA) is 105 Å². The van der Waals surface area contributed by atoms with Crippen LogP contribution in [-0.2, 0) is 18.4 Å². The highest BCUT2D eigenvalue weighted by atomic mass is 31.2. The molecular formula is C82H150N2O6P+. The summed E-state index contributed by atoms with van der Waals surface area (Å²) in [7, 11) is 1.56. The zero-order valence-electron chi connectivity index (χ0n) is 60.6. The number of allylic oxidation sites excluding steroid dienone is 17. The molecule has 0 spiro atoms. The van der Waals surface area contributed by atoms with Crippen molar-refractivity contribution in [3.8, 4) is 0 Å². The number of amides is 1. The van der Waals surface area contributed by atoms with Gasteiger partial charge in [-0.25, -0.2) is 4.57 Å². The summed E-state index contributed by atoms with van der Waals surface area (Å²) in [6.45, 7) is 4.72. The van der Waals surface area contributed by atoms with E-state index in [0.717, 1.165) is 83.5 Å². The first-order valence-electron chi connectivity index (χ1n) is 38.8. The number of nitrogens with one attached hydrogen (secondary N) is 1. The summed E-state index contributed by atoms with van der Waals surface area (Å²) in [4.78, 5) is 23.5. The van der Waals surface area contributed by atoms with Crippen molar-refractivity contribution in [2.45, 2.75) is 366 Å². The second kappa shape index (κ2) is 71.5. The Labute approximate surface area is 565 Å². The molecule has 0 aliphatic carbocycles. The lowest BCUT2D eigenvalue weighted by molar-refractivity contribution is -0.870. The number of rotatable bonds is 71. The standard InChI is InChI=1S/C82H149N2O6P/c1-6-8-10-12-14-16-18-20-22-24-26-28-30-32-34-36-37-38-39-40-41-42-43-44-45-46-47-48-50-52-54-56-58-60-62-64-66-68-70-72-74-76-82(86)83-80(79-90-91(87,88)89-78-77-84(3,4)5)81(85)75-73-71-69-67-65-63-61-59-57-55-53-51-49-35-33-31-29-27-25-23-21-19-17-15-13-11-9-7-2/h8,10,14,16,20,22,26,28,32,34,37-38,40-41,65,67,73,75,80-81,85H,6-7,9,11-13,15,17-19,21,23-25,27,29-31,33,35-36,39,42-64,66,68-72,74,76-79H2,1-5H3,(H-,83,86,87,88)/p+1/b10-8-,16-14-,22-20-,28-26-,34-32-,38-37-,41-40-,67-65+,75-73+. The van der Waals surface area contributed by atoms with Gasteiger partial charge in [0.15, 0.2) is 0 Å². The Kier molecular flexibility index (Phi) is 69.2. The second-order valence-corrected chi connectivity index (χ2v) is 28.8. The normalized spacial score (nSPS) is 14.1. The average molecular weight is 1290 g/mol. The molecule has 0 heterocycles. The number of likely N-dealkylation sites (N-methyl/N-ethyl adjacent to an activating group) is 1. The van der Waals surface area contributed by atoms with Gasteiger partial charge in [0, 0.05) is 6.42 Å². The van der Waals surface area contributed by atoms with Gasteiger partial charge >= 0.3 is 7.82 Å². The molecule has 1 amide bonds. The molecule has 0 saturated carbocycles. The van der Waals surface area contributed by atoms with E-state index in [-0.39, 0.29) is 19.1 Å². The first-order valence-corrected chi connectivity index (χ1v) is 40.3. The Morgan fingerprint density at radius 2 is 0.670 bits per heavy atom. The SMILES string of the molecule is CC/C=C\C/C=C\C/C=C\C/C=C\C/C=C\C/C=C\C/C=C\CCCCCCCCCCCCCCCCCCCCCC(=O)NC(COP(=O)(O)OCC[N+](C)(C)C)C(O)/C=C/CC/C=C/CCCCCCCCCCCCCCCCCCCCCCCC. The fourth-order valence-corrected chi connectivity index (χ4v) is 12.0. The van der Waals surface area contributed by atoms with Gasteiger partial charge in [-0.3, -0.25) is 13.8 Å². The van der Waals surface area contributed by atoms with Crippen LogP contribution in [0.25, 0.3) is 0 Å². The molecule has 0 radical (unpaired) electrons. The van der Waals surface area contributed by atoms with Crippen LogP contribution in [0.3, 0.4) is 0 Å². The molecule has 0 aromatic carbocycles. The number of hydrogen-bond donors (Lipinski definition) is 3. The first-order chi connectivity index (χ1) is 44.5. The van der Waals surface area contributed by atoms with E-state index in [4.69, 9.17) is 9.05 Å². The van der Waals surface area contributed by atoms with Crippen LogP contribution in [0.4, 0.5) is 0 Å². The van der Waals surface area contributed by atoms with E-state index in [0.29, 0.717) is 17.4 Å². The maximum atomic E-state index is 13.1. The van der Waals surface area contributed by atoms with Crippen LogP contribution < -0.4 is 5.32 Å². The van der Waals surface area contributed by atoms with E-state index >= 15 is 0 Å². The van der Waals surface area contributed by atoms with Gasteiger partial charge in [-0.15, -0.1) is 0 Å². The van der Waals surface area contributed by atoms with Crippen molar-refractivity contribution in [1.29, 1.82) is 0 Å². The fraction of sp³-hybridized carbons (Fsp3) is 0.768. The summed E-state index contributed by atoms with van der Waals surface area (Å²) >= 11 is 0. The highest BCUT2D eigenvalue weighted by Crippen LogP contribution is 2.43. The minimum atomic E-state index is -4.37. The molecule has 3 atom stereocenters. The molecule has 0 aromatic rings. The fourth-order valence-electron chi connectivity index (χ4n) is 11.3. The van der Waals surface area contributed by atoms with Crippen LogP contribution in [0.5, 0.6) is 0 Å². The van der Waals surface area contributed by atoms with Crippen molar-refractivity contribution >= 4 is 13.7 Å². The molecule has 0 aliphatic heterocycles. The van der Waals surface area contributed by atoms with Crippen molar-refractivity contribution < 1.29 is 32.9 Å². The number of carbonyl (C=O) groups excluding carboxylic acids is 1. The van der Waals surface area contributed by atoms with Crippen molar-refractivity contribution in [3.05, 3.63) is 109 Å². The third-order valence-electron chi connectivity index (χ3n) is 17.2. The molecule has 0 aliphatic rings. The van der Waals surface area contributed by atoms with Gasteiger partial charge in [0.1, 0.15) is 13.2 Å². The molecule has 528 valence electrons. The van der Waals surface area contributed by atoms with Crippen molar-refractivity contribution in [2.24, 2.45) is 0 Å². The highest BCUT2D eigenvalue weighted by Gasteiger charge is 2.28. The number of phosphoric ester groups is 1. The van der Waals surface area contributed by atoms with Crippen LogP contribution >= 0.6 is 7.82 Å². The van der Waals surface area contributed by atoms with Crippen LogP contribution in [0, 0.1) is 0 Å². The Balaban J connectivity index is 4.01. The van der Waals surface area contributed by atoms with E-state index in [9.17, 15) is 19.4 Å². The van der Waals surface area contributed by atoms with E-state index in [1.165, 1.54) is 250 Å². The van der Waals surface area contributed by atoms with Crippen LogP contribution in [-0.4, -0.2) is 73.4 Å². The van der Waals surface area contributed by atoms with Crippen LogP contribution in [0.1, 0.15) is 354 Å². The maximum absolute atomic E-state index is 13.1. The van der Waals surface area contributed by atoms with E-state index in [2.05, 4.69) is 116 Å². The maximum Gasteiger partial charge on any atom is 0.472 e. The van der Waals surface area contributed by atoms with Gasteiger partial charge < -0.3 is 19.8 Å². The van der Waals surface area contributed by atoms with Gasteiger partial charge in [0.25, 0.3) is 0 Å². The molecule has 9 heteroatoms. The van der Waals surface area contributed by atoms with Gasteiger partial charge in [0.2, 0.25) is 5.91 Å². The second-order valence-electron chi connectivity index (χ2n) is 27.3. The number of quaternary nitrogens is 1. The zero-order chi connectivity index (χ0) is 66.2. The number of carbonyl (C=O) groups is 1. The number of aliphatic hydroxyl groups excluding tert-OH is 1. The summed E-state index contributed by atoms with van der Waals surface area (Å²) in [5, 5.41) is 14.0. The Hall–Kier alpha value is -2.84. The van der Waals surface area contributed by atoms with E-state index < -0.39 is 20.0 Å². The molecular weight excluding hydrogens is 1140 g/mol. The van der Waals surface area contributed by atoms with Gasteiger partial charge in [0.05, 0.1) is 39.9 Å². The predicted molar refractivity (Wildman–Crippen MR) is 401 cm³/mol. The zero-order valence-corrected chi connectivity index (χ0v) is 61.5. The Morgan fingerprint density at radius 1 is 0.385 bits per heavy atom. The first kappa shape index (κ1) is 88.2. The molecule has 0 fully saturated rings. The number of unbranched alkanes of at least 4 members (excludes halogenated alkanes) is 42. The molecule has 0 aromatic heterocycles. The lowest BCUT2D eigenvalue weighted by atomic mass is 10.0. The smallest absolute Gasteiger partial charge is 0.387 e. The lowest BCUT2D eigenvalue weighted by Crippen LogP contribution is -2.45. The summed E-state index contributed by atoms with van der Waals surface area (Å²) in [6, 6.07) is -0.869. The molecule has 8 nitrogen and oxygen atoms in total. The van der Waals surface area contributed by atoms with Gasteiger partial charge in [-0.1, -0.05) is 367 Å². The minimum Gasteiger partial charge on any atom is -0.387 e. The van der Waals surface area contributed by atoms with E-state index in [1.54, 1.807) is 6.08 Å². The molecule has 3 unspecified atom stereocenters. The number of hydrogen-bond acceptors (Lipinski definition) is 5. The lowest BCUT2D eigenvalue weighted by Gasteiger charge is -2.25. The van der Waals surface area contributed by atoms with Gasteiger partial charge in [-0.2, -0.15) is 0 Å². The molecule has 91 heavy (non-hydrogen) atoms. The monoisotopic (exact) mass is 1290 g/mol. The predicted octanol–water partition coefficient (Wildman–Crippen LogP) is 25.4. The average Bonchev–Trinajstić information content (AvgIpc) is 3.59. The number of phosphoric acid groups is 1. The highest BCUT2D eigenvalue weighted by molar-refractivity contribution is 7.47. The number of nitrogens with zero attached hydrogens (tertiary/aromatic N) is 1. The minimum absolute atomic E-state index is 0.0544. The van der Waals surface area contributed by atoms with Crippen molar-refractivity contribution in [2.75, 3.05) is 40.9 Å². The van der Waals surface area contributed by atoms with E-state index in [1.807, 2.05) is 27.2 Å². The third-order valence-corrected chi connectivity index (χ3v) is 18.2. The summed E-state index contributed by atoms with van der Waals surface area (Å²) in [5.74, 6) is -0.183. The molecule has 3 N–H and O–H groups in total. The summed E-state index contributed by atoms with van der Waals surface area (Å²) in [5.41, 5.74) is 0. The molecule has 0 rings (SSSR count). The number of aliphatic hydroxyl groups is 1. The molecule has 0 bridgehead atoms. The largest absolute Gasteiger partial charge is 0.472 e. The van der Waals surface area contributed by atoms with Crippen LogP contribution in [0.15, 0.2) is 109 Å². The molecule has 0 saturated heterocycles. The van der Waals surface area contributed by atoms with Crippen LogP contribution in [0.2, 0.25) is 0 Å². The van der Waals surface area contributed by atoms with Crippen molar-refractivity contribution in [3.63, 3.8) is 0 Å². The van der Waals surface area contributed by atoms with Gasteiger partial charge in [-0.05, 0) is 89.9 Å². The Bertz CT molecular complexity index is 1860. The summed E-state index contributed by atoms with van der Waals surface area (Å²) in [6.07, 6.45) is 106. The third kappa shape index (κ3) is 74.4.